The molecule has 4 nitrogen and oxygen atoms in total. The van der Waals surface area contributed by atoms with E-state index in [1.807, 2.05) is 37.3 Å². The number of nitrogens with one attached hydrogen (secondary N) is 1. The van der Waals surface area contributed by atoms with Crippen molar-refractivity contribution in [1.29, 1.82) is 0 Å². The van der Waals surface area contributed by atoms with Gasteiger partial charge in [-0.05, 0) is 12.0 Å². The zero-order valence-corrected chi connectivity index (χ0v) is 12.2. The normalized spacial score (nSPS) is 13.0. The first-order valence-corrected chi connectivity index (χ1v) is 6.80. The van der Waals surface area contributed by atoms with Crippen molar-refractivity contribution in [3.05, 3.63) is 53.3 Å². The molecule has 0 spiro atoms. The molecular formula is C15H16F3N3O. The van der Waals surface area contributed by atoms with Gasteiger partial charge in [0, 0.05) is 13.1 Å². The van der Waals surface area contributed by atoms with Crippen molar-refractivity contribution in [2.24, 2.45) is 7.05 Å². The fourth-order valence-electron chi connectivity index (χ4n) is 2.18. The summed E-state index contributed by atoms with van der Waals surface area (Å²) in [6.07, 6.45) is -3.92. The largest absolute Gasteiger partial charge is 0.433 e. The highest BCUT2D eigenvalue weighted by Crippen LogP contribution is 2.29. The average molecular weight is 311 g/mol. The van der Waals surface area contributed by atoms with Crippen LogP contribution < -0.4 is 5.32 Å². The van der Waals surface area contributed by atoms with Crippen LogP contribution in [0.25, 0.3) is 0 Å². The third-order valence-electron chi connectivity index (χ3n) is 3.32. The molecule has 1 atom stereocenters. The highest BCUT2D eigenvalue weighted by molar-refractivity contribution is 5.92. The zero-order chi connectivity index (χ0) is 16.3. The van der Waals surface area contributed by atoms with Gasteiger partial charge in [-0.15, -0.1) is 0 Å². The van der Waals surface area contributed by atoms with Crippen molar-refractivity contribution in [2.75, 3.05) is 0 Å². The number of aromatic nitrogens is 2. The van der Waals surface area contributed by atoms with E-state index in [0.717, 1.165) is 18.7 Å². The van der Waals surface area contributed by atoms with Crippen molar-refractivity contribution < 1.29 is 18.0 Å². The summed E-state index contributed by atoms with van der Waals surface area (Å²) in [5.41, 5.74) is -0.306. The van der Waals surface area contributed by atoms with Gasteiger partial charge in [-0.3, -0.25) is 9.48 Å². The standard InChI is InChI=1S/C15H16F3N3O/c1-3-11(10-7-5-4-6-8-10)19-14(22)12-9-13(15(16,17)18)21(2)20-12/h4-9,11H,3H2,1-2H3,(H,19,22). The van der Waals surface area contributed by atoms with Gasteiger partial charge in [0.25, 0.3) is 5.91 Å². The first kappa shape index (κ1) is 16.1. The Bertz CT molecular complexity index is 650. The van der Waals surface area contributed by atoms with E-state index in [1.165, 1.54) is 0 Å². The minimum Gasteiger partial charge on any atom is -0.344 e. The Morgan fingerprint density at radius 2 is 1.95 bits per heavy atom. The first-order chi connectivity index (χ1) is 10.3. The maximum atomic E-state index is 12.7. The quantitative estimate of drug-likeness (QED) is 0.941. The van der Waals surface area contributed by atoms with E-state index in [0.29, 0.717) is 11.1 Å². The Kier molecular flexibility index (Phi) is 4.54. The molecular weight excluding hydrogens is 295 g/mol. The zero-order valence-electron chi connectivity index (χ0n) is 12.2. The van der Waals surface area contributed by atoms with Crippen LogP contribution in [0.1, 0.15) is 41.1 Å². The summed E-state index contributed by atoms with van der Waals surface area (Å²) in [4.78, 5) is 12.1. The maximum Gasteiger partial charge on any atom is 0.433 e. The van der Waals surface area contributed by atoms with E-state index in [9.17, 15) is 18.0 Å². The fraction of sp³-hybridized carbons (Fsp3) is 0.333. The van der Waals surface area contributed by atoms with Crippen LogP contribution in [0, 0.1) is 0 Å². The molecule has 0 saturated heterocycles. The molecule has 2 rings (SSSR count). The van der Waals surface area contributed by atoms with E-state index in [4.69, 9.17) is 0 Å². The Balaban J connectivity index is 2.18. The molecule has 0 aliphatic heterocycles. The third kappa shape index (κ3) is 3.47. The number of benzene rings is 1. The van der Waals surface area contributed by atoms with Crippen LogP contribution in [0.2, 0.25) is 0 Å². The number of halogens is 3. The minimum atomic E-state index is -4.54. The molecule has 1 amide bonds. The van der Waals surface area contributed by atoms with E-state index < -0.39 is 17.8 Å². The van der Waals surface area contributed by atoms with Gasteiger partial charge in [0.15, 0.2) is 5.69 Å². The predicted octanol–water partition coefficient (Wildman–Crippen LogP) is 3.32. The van der Waals surface area contributed by atoms with Crippen LogP contribution in [0.4, 0.5) is 13.2 Å². The molecule has 118 valence electrons. The Labute approximate surface area is 125 Å². The summed E-state index contributed by atoms with van der Waals surface area (Å²) in [7, 11) is 1.16. The summed E-state index contributed by atoms with van der Waals surface area (Å²) < 4.78 is 38.8. The lowest BCUT2D eigenvalue weighted by Crippen LogP contribution is -2.28. The Morgan fingerprint density at radius 1 is 1.32 bits per heavy atom. The highest BCUT2D eigenvalue weighted by Gasteiger charge is 2.35. The SMILES string of the molecule is CCC(NC(=O)c1cc(C(F)(F)F)n(C)n1)c1ccccc1. The lowest BCUT2D eigenvalue weighted by molar-refractivity contribution is -0.143. The smallest absolute Gasteiger partial charge is 0.344 e. The molecule has 1 unspecified atom stereocenters. The second kappa shape index (κ2) is 6.21. The van der Waals surface area contributed by atoms with Gasteiger partial charge < -0.3 is 5.32 Å². The summed E-state index contributed by atoms with van der Waals surface area (Å²) in [5, 5.41) is 6.35. The van der Waals surface area contributed by atoms with E-state index in [-0.39, 0.29) is 11.7 Å². The molecule has 0 radical (unpaired) electrons. The number of rotatable bonds is 4. The molecule has 2 aromatic rings. The van der Waals surface area contributed by atoms with Crippen LogP contribution in [0.5, 0.6) is 0 Å². The molecule has 0 saturated carbocycles. The lowest BCUT2D eigenvalue weighted by atomic mass is 10.0. The van der Waals surface area contributed by atoms with Crippen LogP contribution in [-0.4, -0.2) is 15.7 Å². The number of hydrogen-bond donors (Lipinski definition) is 1. The molecule has 0 bridgehead atoms. The van der Waals surface area contributed by atoms with Gasteiger partial charge in [-0.1, -0.05) is 37.3 Å². The van der Waals surface area contributed by atoms with Crippen molar-refractivity contribution in [2.45, 2.75) is 25.6 Å². The van der Waals surface area contributed by atoms with Crippen molar-refractivity contribution in [1.82, 2.24) is 15.1 Å². The second-order valence-corrected chi connectivity index (χ2v) is 4.88. The Hall–Kier alpha value is -2.31. The van der Waals surface area contributed by atoms with Crippen molar-refractivity contribution in [3.63, 3.8) is 0 Å². The van der Waals surface area contributed by atoms with Gasteiger partial charge >= 0.3 is 6.18 Å². The Morgan fingerprint density at radius 3 is 2.45 bits per heavy atom. The van der Waals surface area contributed by atoms with Crippen LogP contribution >= 0.6 is 0 Å². The number of hydrogen-bond acceptors (Lipinski definition) is 2. The summed E-state index contributed by atoms with van der Waals surface area (Å²) in [6, 6.07) is 9.73. The summed E-state index contributed by atoms with van der Waals surface area (Å²) in [6.45, 7) is 1.89. The minimum absolute atomic E-state index is 0.246. The molecule has 7 heteroatoms. The lowest BCUT2D eigenvalue weighted by Gasteiger charge is -2.16. The van der Waals surface area contributed by atoms with Gasteiger partial charge in [-0.2, -0.15) is 18.3 Å². The molecule has 22 heavy (non-hydrogen) atoms. The number of amides is 1. The fourth-order valence-corrected chi connectivity index (χ4v) is 2.18. The van der Waals surface area contributed by atoms with E-state index >= 15 is 0 Å². The van der Waals surface area contributed by atoms with Crippen LogP contribution in [0.15, 0.2) is 36.4 Å². The summed E-state index contributed by atoms with van der Waals surface area (Å²) >= 11 is 0. The van der Waals surface area contributed by atoms with Gasteiger partial charge in [0.2, 0.25) is 0 Å². The third-order valence-corrected chi connectivity index (χ3v) is 3.32. The first-order valence-electron chi connectivity index (χ1n) is 6.80. The maximum absolute atomic E-state index is 12.7. The molecule has 0 aliphatic carbocycles. The molecule has 1 N–H and O–H groups in total. The van der Waals surface area contributed by atoms with Gasteiger partial charge in [0.1, 0.15) is 5.69 Å². The molecule has 0 aliphatic rings. The number of alkyl halides is 3. The van der Waals surface area contributed by atoms with Crippen LogP contribution in [0.3, 0.4) is 0 Å². The van der Waals surface area contributed by atoms with E-state index in [2.05, 4.69) is 10.4 Å². The van der Waals surface area contributed by atoms with Crippen molar-refractivity contribution in [3.8, 4) is 0 Å². The van der Waals surface area contributed by atoms with Gasteiger partial charge in [0.05, 0.1) is 6.04 Å². The number of carbonyl (C=O) groups excluding carboxylic acids is 1. The molecule has 1 aromatic carbocycles. The van der Waals surface area contributed by atoms with Crippen LogP contribution in [-0.2, 0) is 13.2 Å². The number of aryl methyl sites for hydroxylation is 1. The number of carbonyl (C=O) groups is 1. The molecule has 1 heterocycles. The molecule has 1 aromatic heterocycles. The number of nitrogens with zero attached hydrogens (tertiary/aromatic N) is 2. The second-order valence-electron chi connectivity index (χ2n) is 4.88. The summed E-state index contributed by atoms with van der Waals surface area (Å²) in [5.74, 6) is -0.623. The topological polar surface area (TPSA) is 46.9 Å². The monoisotopic (exact) mass is 311 g/mol. The highest BCUT2D eigenvalue weighted by atomic mass is 19.4. The average Bonchev–Trinajstić information content (AvgIpc) is 2.87. The predicted molar refractivity (Wildman–Crippen MR) is 75.2 cm³/mol. The molecule has 0 fully saturated rings. The van der Waals surface area contributed by atoms with E-state index in [1.54, 1.807) is 0 Å². The van der Waals surface area contributed by atoms with Gasteiger partial charge in [-0.25, -0.2) is 0 Å². The van der Waals surface area contributed by atoms with Crippen molar-refractivity contribution >= 4 is 5.91 Å².